The smallest absolute Gasteiger partial charge is 0.148 e. The fourth-order valence-electron chi connectivity index (χ4n) is 1.80. The van der Waals surface area contributed by atoms with E-state index in [1.54, 1.807) is 19.2 Å². The summed E-state index contributed by atoms with van der Waals surface area (Å²) in [7, 11) is 1.58. The summed E-state index contributed by atoms with van der Waals surface area (Å²) in [6.45, 7) is 2.23. The Morgan fingerprint density at radius 1 is 1.47 bits per heavy atom. The first kappa shape index (κ1) is 12.3. The zero-order chi connectivity index (χ0) is 12.6. The van der Waals surface area contributed by atoms with Crippen molar-refractivity contribution in [2.75, 3.05) is 12.8 Å². The van der Waals surface area contributed by atoms with Crippen LogP contribution in [0.1, 0.15) is 11.3 Å². The van der Waals surface area contributed by atoms with Crippen LogP contribution in [-0.2, 0) is 11.3 Å². The molecule has 2 N–H and O–H groups in total. The number of ether oxygens (including phenoxy) is 1. The molecule has 90 valence electrons. The summed E-state index contributed by atoms with van der Waals surface area (Å²) < 4.78 is 19.4. The third-order valence-corrected chi connectivity index (χ3v) is 3.12. The average Bonchev–Trinajstić information content (AvgIpc) is 2.26. The molecule has 5 heteroatoms. The molecule has 0 aliphatic heterocycles. The number of hydrogen-bond donors (Lipinski definition) is 1. The molecule has 0 spiro atoms. The Kier molecular flexibility index (Phi) is 3.31. The van der Waals surface area contributed by atoms with Gasteiger partial charge in [0.15, 0.2) is 0 Å². The van der Waals surface area contributed by atoms with Gasteiger partial charge in [-0.25, -0.2) is 9.37 Å². The third-order valence-electron chi connectivity index (χ3n) is 2.54. The van der Waals surface area contributed by atoms with E-state index in [2.05, 4.69) is 20.9 Å². The second kappa shape index (κ2) is 4.58. The highest BCUT2D eigenvalue weighted by Crippen LogP contribution is 2.31. The minimum atomic E-state index is -0.375. The van der Waals surface area contributed by atoms with E-state index in [-0.39, 0.29) is 5.82 Å². The molecule has 0 amide bonds. The van der Waals surface area contributed by atoms with Crippen LogP contribution in [0.25, 0.3) is 10.9 Å². The van der Waals surface area contributed by atoms with Gasteiger partial charge in [0.1, 0.15) is 5.82 Å². The number of benzene rings is 1. The zero-order valence-corrected chi connectivity index (χ0v) is 11.1. The molecular weight excluding hydrogens is 287 g/mol. The number of aromatic nitrogens is 1. The van der Waals surface area contributed by atoms with Gasteiger partial charge in [0.25, 0.3) is 0 Å². The summed E-state index contributed by atoms with van der Waals surface area (Å²) in [6, 6.07) is 3.33. The highest BCUT2D eigenvalue weighted by Gasteiger charge is 2.13. The third kappa shape index (κ3) is 2.12. The lowest BCUT2D eigenvalue weighted by Crippen LogP contribution is -2.00. The molecule has 0 aliphatic carbocycles. The Morgan fingerprint density at radius 3 is 2.82 bits per heavy atom. The number of halogens is 2. The van der Waals surface area contributed by atoms with Crippen LogP contribution >= 0.6 is 15.9 Å². The fourth-order valence-corrected chi connectivity index (χ4v) is 2.34. The van der Waals surface area contributed by atoms with Gasteiger partial charge in [-0.05, 0) is 40.5 Å². The minimum absolute atomic E-state index is 0.358. The van der Waals surface area contributed by atoms with Gasteiger partial charge >= 0.3 is 0 Å². The Labute approximate surface area is 107 Å². The van der Waals surface area contributed by atoms with Gasteiger partial charge in [-0.15, -0.1) is 0 Å². The molecule has 0 unspecified atom stereocenters. The van der Waals surface area contributed by atoms with Crippen molar-refractivity contribution < 1.29 is 9.13 Å². The number of nitrogen functional groups attached to an aromatic ring is 1. The Bertz CT molecular complexity index is 586. The normalized spacial score (nSPS) is 11.1. The van der Waals surface area contributed by atoms with Crippen LogP contribution in [0.3, 0.4) is 0 Å². The molecule has 0 fully saturated rings. The van der Waals surface area contributed by atoms with Crippen LogP contribution in [-0.4, -0.2) is 12.1 Å². The van der Waals surface area contributed by atoms with Crippen molar-refractivity contribution in [1.29, 1.82) is 0 Å². The van der Waals surface area contributed by atoms with Crippen LogP contribution in [0.5, 0.6) is 0 Å². The van der Waals surface area contributed by atoms with Gasteiger partial charge in [-0.3, -0.25) is 0 Å². The first-order valence-corrected chi connectivity index (χ1v) is 5.86. The number of pyridine rings is 1. The molecule has 0 saturated carbocycles. The van der Waals surface area contributed by atoms with Gasteiger partial charge in [0, 0.05) is 12.8 Å². The van der Waals surface area contributed by atoms with E-state index in [4.69, 9.17) is 10.5 Å². The van der Waals surface area contributed by atoms with Crippen molar-refractivity contribution in [3.8, 4) is 0 Å². The Morgan fingerprint density at radius 2 is 2.18 bits per heavy atom. The summed E-state index contributed by atoms with van der Waals surface area (Å²) >= 11 is 3.17. The molecule has 1 heterocycles. The standard InChI is InChI=1S/C12H12BrFN2O/c1-6-3-8(13)11(14)10-9(15)4-7(5-17-2)16-12(6)10/h3-4H,5H2,1-2H3,(H2,15,16). The van der Waals surface area contributed by atoms with E-state index in [0.29, 0.717) is 33.4 Å². The molecule has 1 aromatic carbocycles. The zero-order valence-electron chi connectivity index (χ0n) is 9.55. The van der Waals surface area contributed by atoms with E-state index in [1.165, 1.54) is 0 Å². The minimum Gasteiger partial charge on any atom is -0.398 e. The van der Waals surface area contributed by atoms with Crippen molar-refractivity contribution in [3.05, 3.63) is 33.7 Å². The molecule has 0 atom stereocenters. The molecule has 1 aromatic heterocycles. The van der Waals surface area contributed by atoms with E-state index in [9.17, 15) is 4.39 Å². The Balaban J connectivity index is 2.81. The molecule has 0 aliphatic rings. The predicted octanol–water partition coefficient (Wildman–Crippen LogP) is 3.17. The molecule has 17 heavy (non-hydrogen) atoms. The lowest BCUT2D eigenvalue weighted by molar-refractivity contribution is 0.182. The van der Waals surface area contributed by atoms with Crippen molar-refractivity contribution in [1.82, 2.24) is 4.98 Å². The van der Waals surface area contributed by atoms with Crippen LogP contribution in [0.2, 0.25) is 0 Å². The highest BCUT2D eigenvalue weighted by atomic mass is 79.9. The first-order valence-electron chi connectivity index (χ1n) is 5.07. The summed E-state index contributed by atoms with van der Waals surface area (Å²) in [5.41, 5.74) is 8.40. The monoisotopic (exact) mass is 298 g/mol. The largest absolute Gasteiger partial charge is 0.398 e. The number of anilines is 1. The topological polar surface area (TPSA) is 48.1 Å². The first-order chi connectivity index (χ1) is 8.04. The fraction of sp³-hybridized carbons (Fsp3) is 0.250. The van der Waals surface area contributed by atoms with Gasteiger partial charge in [0.05, 0.1) is 27.7 Å². The summed E-state index contributed by atoms with van der Waals surface area (Å²) in [4.78, 5) is 4.36. The maximum atomic E-state index is 14.0. The number of rotatable bonds is 2. The summed E-state index contributed by atoms with van der Waals surface area (Å²) in [5, 5.41) is 0.358. The molecular formula is C12H12BrFN2O. The lowest BCUT2D eigenvalue weighted by Gasteiger charge is -2.10. The van der Waals surface area contributed by atoms with E-state index in [1.807, 2.05) is 6.92 Å². The molecule has 0 bridgehead atoms. The number of aryl methyl sites for hydroxylation is 1. The van der Waals surface area contributed by atoms with Gasteiger partial charge in [-0.2, -0.15) is 0 Å². The van der Waals surface area contributed by atoms with Crippen LogP contribution in [0.15, 0.2) is 16.6 Å². The second-order valence-electron chi connectivity index (χ2n) is 3.85. The SMILES string of the molecule is COCc1cc(N)c2c(F)c(Br)cc(C)c2n1. The van der Waals surface area contributed by atoms with Crippen molar-refractivity contribution in [3.63, 3.8) is 0 Å². The van der Waals surface area contributed by atoms with Crippen LogP contribution < -0.4 is 5.73 Å². The highest BCUT2D eigenvalue weighted by molar-refractivity contribution is 9.10. The number of nitrogens with two attached hydrogens (primary N) is 1. The second-order valence-corrected chi connectivity index (χ2v) is 4.70. The number of nitrogens with zero attached hydrogens (tertiary/aromatic N) is 1. The number of fused-ring (bicyclic) bond motifs is 1. The number of methoxy groups -OCH3 is 1. The maximum absolute atomic E-state index is 14.0. The van der Waals surface area contributed by atoms with Crippen LogP contribution in [0.4, 0.5) is 10.1 Å². The predicted molar refractivity (Wildman–Crippen MR) is 69.3 cm³/mol. The van der Waals surface area contributed by atoms with Crippen LogP contribution in [0, 0.1) is 12.7 Å². The van der Waals surface area contributed by atoms with Gasteiger partial charge in [-0.1, -0.05) is 0 Å². The molecule has 3 nitrogen and oxygen atoms in total. The summed E-state index contributed by atoms with van der Waals surface area (Å²) in [5.74, 6) is -0.375. The van der Waals surface area contributed by atoms with E-state index < -0.39 is 0 Å². The van der Waals surface area contributed by atoms with Gasteiger partial charge < -0.3 is 10.5 Å². The average molecular weight is 299 g/mol. The molecule has 2 aromatic rings. The molecule has 2 rings (SSSR count). The molecule has 0 saturated heterocycles. The van der Waals surface area contributed by atoms with E-state index in [0.717, 1.165) is 5.56 Å². The van der Waals surface area contributed by atoms with Crippen molar-refractivity contribution >= 4 is 32.5 Å². The number of hydrogen-bond acceptors (Lipinski definition) is 3. The maximum Gasteiger partial charge on any atom is 0.148 e. The summed E-state index contributed by atoms with van der Waals surface area (Å²) in [6.07, 6.45) is 0. The Hall–Kier alpha value is -1.20. The molecule has 0 radical (unpaired) electrons. The van der Waals surface area contributed by atoms with Crippen molar-refractivity contribution in [2.24, 2.45) is 0 Å². The van der Waals surface area contributed by atoms with E-state index >= 15 is 0 Å². The lowest BCUT2D eigenvalue weighted by atomic mass is 10.1. The van der Waals surface area contributed by atoms with Crippen molar-refractivity contribution in [2.45, 2.75) is 13.5 Å². The van der Waals surface area contributed by atoms with Gasteiger partial charge in [0.2, 0.25) is 0 Å². The quantitative estimate of drug-likeness (QED) is 0.926.